The second-order valence-corrected chi connectivity index (χ2v) is 7.08. The molecule has 116 valence electrons. The van der Waals surface area contributed by atoms with Crippen LogP contribution < -0.4 is 5.32 Å². The van der Waals surface area contributed by atoms with Crippen molar-refractivity contribution in [2.75, 3.05) is 18.6 Å². The summed E-state index contributed by atoms with van der Waals surface area (Å²) in [5.41, 5.74) is 0.668. The van der Waals surface area contributed by atoms with Crippen LogP contribution in [0.15, 0.2) is 18.3 Å². The molecule has 0 saturated heterocycles. The fourth-order valence-corrected chi connectivity index (χ4v) is 3.59. The van der Waals surface area contributed by atoms with Crippen LogP contribution in [-0.2, 0) is 0 Å². The van der Waals surface area contributed by atoms with Crippen LogP contribution in [0.3, 0.4) is 0 Å². The van der Waals surface area contributed by atoms with Crippen LogP contribution in [0.25, 0.3) is 0 Å². The number of nitrogens with zero attached hydrogens (tertiary/aromatic N) is 2. The minimum Gasteiger partial charge on any atom is -0.367 e. The highest BCUT2D eigenvalue weighted by molar-refractivity contribution is 7.99. The van der Waals surface area contributed by atoms with Crippen molar-refractivity contribution >= 4 is 23.5 Å². The van der Waals surface area contributed by atoms with Crippen LogP contribution in [0, 0.1) is 0 Å². The summed E-state index contributed by atoms with van der Waals surface area (Å²) in [4.78, 5) is 19.0. The molecule has 1 aliphatic carbocycles. The predicted octanol–water partition coefficient (Wildman–Crippen LogP) is 3.26. The monoisotopic (exact) mass is 307 g/mol. The molecule has 1 aromatic heterocycles. The van der Waals surface area contributed by atoms with E-state index < -0.39 is 0 Å². The van der Waals surface area contributed by atoms with Gasteiger partial charge in [0.05, 0.1) is 5.56 Å². The third-order valence-corrected chi connectivity index (χ3v) is 5.12. The van der Waals surface area contributed by atoms with E-state index in [9.17, 15) is 4.79 Å². The van der Waals surface area contributed by atoms with Crippen LogP contribution in [0.2, 0.25) is 0 Å². The molecule has 2 atom stereocenters. The maximum Gasteiger partial charge on any atom is 0.257 e. The molecular weight excluding hydrogens is 282 g/mol. The van der Waals surface area contributed by atoms with E-state index in [2.05, 4.69) is 16.6 Å². The Bertz CT molecular complexity index is 492. The summed E-state index contributed by atoms with van der Waals surface area (Å²) in [6, 6.07) is 4.29. The lowest BCUT2D eigenvalue weighted by molar-refractivity contribution is 0.0736. The van der Waals surface area contributed by atoms with Crippen LogP contribution >= 0.6 is 11.8 Å². The normalized spacial score (nSPS) is 21.6. The van der Waals surface area contributed by atoms with Gasteiger partial charge >= 0.3 is 0 Å². The van der Waals surface area contributed by atoms with Gasteiger partial charge in [-0.3, -0.25) is 4.79 Å². The lowest BCUT2D eigenvalue weighted by atomic mass is 10.1. The average molecular weight is 307 g/mol. The van der Waals surface area contributed by atoms with E-state index in [-0.39, 0.29) is 11.9 Å². The summed E-state index contributed by atoms with van der Waals surface area (Å²) in [7, 11) is 1.92. The molecule has 5 heteroatoms. The van der Waals surface area contributed by atoms with E-state index >= 15 is 0 Å². The van der Waals surface area contributed by atoms with Crippen molar-refractivity contribution in [3.8, 4) is 0 Å². The number of thioether (sulfide) groups is 1. The first kappa shape index (κ1) is 16.1. The van der Waals surface area contributed by atoms with Gasteiger partial charge in [-0.05, 0) is 51.5 Å². The minimum absolute atomic E-state index is 0.0676. The number of carbonyl (C=O) groups excluding carboxylic acids is 1. The Morgan fingerprint density at radius 3 is 2.86 bits per heavy atom. The largest absolute Gasteiger partial charge is 0.367 e. The molecule has 1 heterocycles. The van der Waals surface area contributed by atoms with E-state index in [0.717, 1.165) is 12.8 Å². The van der Waals surface area contributed by atoms with Crippen LogP contribution in [0.4, 0.5) is 5.82 Å². The molecule has 1 aromatic rings. The molecule has 0 bridgehead atoms. The second-order valence-electron chi connectivity index (χ2n) is 5.94. The van der Waals surface area contributed by atoms with Gasteiger partial charge in [0.25, 0.3) is 5.91 Å². The zero-order valence-corrected chi connectivity index (χ0v) is 14.1. The SMILES string of the molecule is CS[C@@H]1CC[C@@H](N(C)C(=O)c2cccnc2NC(C)C)C1. The van der Waals surface area contributed by atoms with E-state index in [1.165, 1.54) is 6.42 Å². The molecule has 2 rings (SSSR count). The molecule has 1 aliphatic rings. The van der Waals surface area contributed by atoms with E-state index in [4.69, 9.17) is 0 Å². The molecule has 0 aliphatic heterocycles. The zero-order valence-electron chi connectivity index (χ0n) is 13.3. The van der Waals surface area contributed by atoms with Gasteiger partial charge in [0, 0.05) is 30.6 Å². The van der Waals surface area contributed by atoms with Crippen LogP contribution in [-0.4, -0.2) is 46.4 Å². The Morgan fingerprint density at radius 2 is 2.24 bits per heavy atom. The molecule has 1 amide bonds. The molecule has 21 heavy (non-hydrogen) atoms. The zero-order chi connectivity index (χ0) is 15.4. The first-order valence-corrected chi connectivity index (χ1v) is 8.83. The fraction of sp³-hybridized carbons (Fsp3) is 0.625. The smallest absolute Gasteiger partial charge is 0.257 e. The summed E-state index contributed by atoms with van der Waals surface area (Å²) in [5.74, 6) is 0.752. The Balaban J connectivity index is 2.12. The molecule has 0 spiro atoms. The van der Waals surface area contributed by atoms with Crippen molar-refractivity contribution in [3.63, 3.8) is 0 Å². The molecule has 0 unspecified atom stereocenters. The van der Waals surface area contributed by atoms with Crippen LogP contribution in [0.1, 0.15) is 43.5 Å². The number of amides is 1. The van der Waals surface area contributed by atoms with Gasteiger partial charge in [0.1, 0.15) is 5.82 Å². The van der Waals surface area contributed by atoms with Crippen molar-refractivity contribution < 1.29 is 4.79 Å². The predicted molar refractivity (Wildman–Crippen MR) is 90.0 cm³/mol. The van der Waals surface area contributed by atoms with Crippen LogP contribution in [0.5, 0.6) is 0 Å². The van der Waals surface area contributed by atoms with Gasteiger partial charge < -0.3 is 10.2 Å². The second kappa shape index (κ2) is 7.16. The van der Waals surface area contributed by atoms with E-state index in [1.807, 2.05) is 49.7 Å². The molecule has 0 aromatic carbocycles. The molecule has 1 saturated carbocycles. The van der Waals surface area contributed by atoms with Crippen molar-refractivity contribution in [1.29, 1.82) is 0 Å². The third kappa shape index (κ3) is 3.90. The maximum atomic E-state index is 12.8. The average Bonchev–Trinajstić information content (AvgIpc) is 2.94. The third-order valence-electron chi connectivity index (χ3n) is 4.02. The van der Waals surface area contributed by atoms with Gasteiger partial charge in [0.15, 0.2) is 0 Å². The van der Waals surface area contributed by atoms with Crippen molar-refractivity contribution in [3.05, 3.63) is 23.9 Å². The Hall–Kier alpha value is -1.23. The number of pyridine rings is 1. The van der Waals surface area contributed by atoms with E-state index in [0.29, 0.717) is 22.7 Å². The van der Waals surface area contributed by atoms with Gasteiger partial charge in [0.2, 0.25) is 0 Å². The summed E-state index contributed by atoms with van der Waals surface area (Å²) >= 11 is 1.91. The summed E-state index contributed by atoms with van der Waals surface area (Å²) in [5, 5.41) is 3.94. The molecule has 1 fully saturated rings. The number of aromatic nitrogens is 1. The number of carbonyl (C=O) groups is 1. The standard InChI is InChI=1S/C16H25N3OS/c1-11(2)18-15-14(6-5-9-17-15)16(20)19(3)12-7-8-13(10-12)21-4/h5-6,9,11-13H,7-8,10H2,1-4H3,(H,17,18)/t12-,13-/m1/s1. The molecule has 0 radical (unpaired) electrons. The molecule has 1 N–H and O–H groups in total. The lowest BCUT2D eigenvalue weighted by Gasteiger charge is -2.25. The van der Waals surface area contributed by atoms with Gasteiger partial charge in [-0.15, -0.1) is 0 Å². The molecular formula is C16H25N3OS. The van der Waals surface area contributed by atoms with Crippen molar-refractivity contribution in [1.82, 2.24) is 9.88 Å². The summed E-state index contributed by atoms with van der Waals surface area (Å²) in [6.45, 7) is 4.10. The Morgan fingerprint density at radius 1 is 1.48 bits per heavy atom. The Labute approximate surface area is 131 Å². The van der Waals surface area contributed by atoms with Crippen molar-refractivity contribution in [2.45, 2.75) is 50.4 Å². The number of rotatable bonds is 5. The minimum atomic E-state index is 0.0676. The quantitative estimate of drug-likeness (QED) is 0.907. The highest BCUT2D eigenvalue weighted by atomic mass is 32.2. The first-order chi connectivity index (χ1) is 10.0. The van der Waals surface area contributed by atoms with Gasteiger partial charge in [-0.1, -0.05) is 0 Å². The lowest BCUT2D eigenvalue weighted by Crippen LogP contribution is -2.36. The number of anilines is 1. The number of hydrogen-bond acceptors (Lipinski definition) is 4. The van der Waals surface area contributed by atoms with Crippen molar-refractivity contribution in [2.24, 2.45) is 0 Å². The topological polar surface area (TPSA) is 45.2 Å². The van der Waals surface area contributed by atoms with Gasteiger partial charge in [-0.2, -0.15) is 11.8 Å². The molecule has 4 nitrogen and oxygen atoms in total. The highest BCUT2D eigenvalue weighted by Gasteiger charge is 2.30. The Kier molecular flexibility index (Phi) is 5.51. The number of nitrogens with one attached hydrogen (secondary N) is 1. The number of hydrogen-bond donors (Lipinski definition) is 1. The fourth-order valence-electron chi connectivity index (χ4n) is 2.81. The highest BCUT2D eigenvalue weighted by Crippen LogP contribution is 2.31. The van der Waals surface area contributed by atoms with E-state index in [1.54, 1.807) is 6.20 Å². The maximum absolute atomic E-state index is 12.8. The first-order valence-electron chi connectivity index (χ1n) is 7.54. The summed E-state index contributed by atoms with van der Waals surface area (Å²) < 4.78 is 0. The van der Waals surface area contributed by atoms with Gasteiger partial charge in [-0.25, -0.2) is 4.98 Å². The summed E-state index contributed by atoms with van der Waals surface area (Å²) in [6.07, 6.45) is 7.27.